The summed E-state index contributed by atoms with van der Waals surface area (Å²) in [4.78, 5) is 64.4. The normalized spacial score (nSPS) is 34.4. The topological polar surface area (TPSA) is 170 Å². The van der Waals surface area contributed by atoms with Crippen molar-refractivity contribution >= 4 is 29.7 Å². The Kier molecular flexibility index (Phi) is 11.3. The molecule has 1 unspecified atom stereocenters. The first kappa shape index (κ1) is 34.5. The lowest BCUT2D eigenvalue weighted by Crippen LogP contribution is -2.50. The van der Waals surface area contributed by atoms with Crippen LogP contribution in [-0.4, -0.2) is 94.7 Å². The van der Waals surface area contributed by atoms with E-state index in [-0.39, 0.29) is 55.8 Å². The van der Waals surface area contributed by atoms with Crippen LogP contribution in [0.5, 0.6) is 0 Å². The van der Waals surface area contributed by atoms with Crippen molar-refractivity contribution in [3.8, 4) is 0 Å². The molecule has 0 radical (unpaired) electrons. The van der Waals surface area contributed by atoms with E-state index in [9.17, 15) is 29.1 Å². The largest absolute Gasteiger partial charge is 0.459 e. The van der Waals surface area contributed by atoms with E-state index in [0.717, 1.165) is 12.0 Å². The van der Waals surface area contributed by atoms with Gasteiger partial charge < -0.3 is 34.2 Å². The van der Waals surface area contributed by atoms with E-state index in [1.54, 1.807) is 13.0 Å². The minimum absolute atomic E-state index is 0.0109. The quantitative estimate of drug-likeness (QED) is 0.112. The fraction of sp³-hybridized carbons (Fsp3) is 0.656. The van der Waals surface area contributed by atoms with Crippen LogP contribution in [0, 0.1) is 5.92 Å². The Morgan fingerprint density at radius 1 is 1.13 bits per heavy atom. The summed E-state index contributed by atoms with van der Waals surface area (Å²) in [6, 6.07) is -0.161. The molecule has 0 aromatic rings. The Labute approximate surface area is 262 Å². The third-order valence-corrected chi connectivity index (χ3v) is 8.52. The second kappa shape index (κ2) is 14.8. The highest BCUT2D eigenvalue weighted by Gasteiger charge is 2.58. The van der Waals surface area contributed by atoms with Gasteiger partial charge in [-0.1, -0.05) is 30.7 Å². The number of carbonyl (C=O) groups excluding carboxylic acids is 5. The molecule has 0 aromatic carbocycles. The number of hydroxylamine groups is 2. The molecular formula is C32H44N2O11. The highest BCUT2D eigenvalue weighted by atomic mass is 16.7. The summed E-state index contributed by atoms with van der Waals surface area (Å²) in [5.41, 5.74) is 0.119. The Balaban J connectivity index is 1.26. The highest BCUT2D eigenvalue weighted by molar-refractivity contribution is 6.01. The van der Waals surface area contributed by atoms with E-state index in [1.807, 2.05) is 26.0 Å². The first-order chi connectivity index (χ1) is 21.3. The number of hydrogen-bond acceptors (Lipinski definition) is 11. The van der Waals surface area contributed by atoms with Crippen molar-refractivity contribution < 1.29 is 52.9 Å². The molecule has 4 fully saturated rings. The fourth-order valence-corrected chi connectivity index (χ4v) is 5.87. The van der Waals surface area contributed by atoms with Gasteiger partial charge in [0, 0.05) is 32.3 Å². The van der Waals surface area contributed by atoms with Crippen molar-refractivity contribution in [2.75, 3.05) is 6.61 Å². The number of rotatable bonds is 11. The predicted molar refractivity (Wildman–Crippen MR) is 158 cm³/mol. The molecule has 0 aliphatic carbocycles. The number of nitrogens with zero attached hydrogens (tertiary/aromatic N) is 1. The first-order valence-corrected chi connectivity index (χ1v) is 15.5. The number of ether oxygens (including phenoxy) is 4. The van der Waals surface area contributed by atoms with Gasteiger partial charge in [0.25, 0.3) is 11.8 Å². The number of amides is 3. The van der Waals surface area contributed by atoms with E-state index < -0.39 is 53.8 Å². The number of imide groups is 1. The molecule has 4 aliphatic heterocycles. The third-order valence-electron chi connectivity index (χ3n) is 8.52. The second-order valence-corrected chi connectivity index (χ2v) is 12.4. The van der Waals surface area contributed by atoms with Crippen LogP contribution in [0.2, 0.25) is 0 Å². The summed E-state index contributed by atoms with van der Waals surface area (Å²) in [6.07, 6.45) is 6.95. The highest BCUT2D eigenvalue weighted by Crippen LogP contribution is 2.43. The van der Waals surface area contributed by atoms with Crippen LogP contribution in [0.25, 0.3) is 0 Å². The number of hydrogen-bond donors (Lipinski definition) is 2. The maximum Gasteiger partial charge on any atom is 0.335 e. The number of nitrogens with one attached hydrogen (secondary N) is 1. The molecule has 9 atom stereocenters. The average Bonchev–Trinajstić information content (AvgIpc) is 3.67. The van der Waals surface area contributed by atoms with Crippen molar-refractivity contribution in [2.24, 2.45) is 5.92 Å². The van der Waals surface area contributed by atoms with Gasteiger partial charge in [-0.2, -0.15) is 0 Å². The number of esters is 1. The minimum Gasteiger partial charge on any atom is -0.459 e. The van der Waals surface area contributed by atoms with Crippen LogP contribution < -0.4 is 5.32 Å². The summed E-state index contributed by atoms with van der Waals surface area (Å²) in [5.74, 6) is -2.39. The molecule has 45 heavy (non-hydrogen) atoms. The second-order valence-electron chi connectivity index (χ2n) is 12.4. The summed E-state index contributed by atoms with van der Waals surface area (Å²) in [6.45, 7) is 9.27. The van der Waals surface area contributed by atoms with Crippen molar-refractivity contribution in [2.45, 2.75) is 121 Å². The van der Waals surface area contributed by atoms with E-state index in [2.05, 4.69) is 12.2 Å². The fourth-order valence-electron chi connectivity index (χ4n) is 5.87. The lowest BCUT2D eigenvalue weighted by molar-refractivity contribution is -0.202. The number of aliphatic hydroxyl groups is 1. The first-order valence-electron chi connectivity index (χ1n) is 15.5. The maximum atomic E-state index is 12.5. The maximum absolute atomic E-state index is 12.5. The van der Waals surface area contributed by atoms with Crippen LogP contribution >= 0.6 is 0 Å². The lowest BCUT2D eigenvalue weighted by atomic mass is 9.87. The molecule has 3 amide bonds. The molecule has 13 nitrogen and oxygen atoms in total. The van der Waals surface area contributed by atoms with Gasteiger partial charge in [-0.15, -0.1) is 5.06 Å². The van der Waals surface area contributed by atoms with Crippen molar-refractivity contribution in [3.05, 3.63) is 36.0 Å². The van der Waals surface area contributed by atoms with Gasteiger partial charge in [0.05, 0.1) is 37.4 Å². The molecule has 0 bridgehead atoms. The molecule has 4 aliphatic rings. The van der Waals surface area contributed by atoms with Gasteiger partial charge in [-0.3, -0.25) is 19.2 Å². The monoisotopic (exact) mass is 632 g/mol. The van der Waals surface area contributed by atoms with E-state index in [1.165, 1.54) is 19.1 Å². The third kappa shape index (κ3) is 9.32. The number of aliphatic hydroxyl groups excluding tert-OH is 1. The standard InChI is InChI=1S/C32H44N2O11/c1-18(6-9-25-19(2)14-24(21(4)43-25)33-27(36)11-8-20(3)42-22(5)35)7-10-26-31(40)32(17-41-32)16-23(44-26)15-30(39)45-34-28(37)12-13-29(34)38/h6-8,10-11,19-21,23-26,31,40H,9,12-17H2,1-5H3,(H,33,36)/b10-7+,11-8-,18-6+/t19-,20-,21+,23+,24+,25-,26+,31?,32+/m0/s1. The average molecular weight is 633 g/mol. The Morgan fingerprint density at radius 3 is 2.47 bits per heavy atom. The number of epoxide rings is 1. The molecule has 13 heteroatoms. The van der Waals surface area contributed by atoms with Gasteiger partial charge in [-0.25, -0.2) is 4.79 Å². The van der Waals surface area contributed by atoms with Gasteiger partial charge >= 0.3 is 11.9 Å². The molecular weight excluding hydrogens is 588 g/mol. The van der Waals surface area contributed by atoms with Crippen molar-refractivity contribution in [3.63, 3.8) is 0 Å². The van der Waals surface area contributed by atoms with Gasteiger partial charge in [0.15, 0.2) is 0 Å². The van der Waals surface area contributed by atoms with E-state index >= 15 is 0 Å². The predicted octanol–water partition coefficient (Wildman–Crippen LogP) is 1.97. The summed E-state index contributed by atoms with van der Waals surface area (Å²) in [7, 11) is 0. The molecule has 2 N–H and O–H groups in total. The van der Waals surface area contributed by atoms with Crippen LogP contribution in [0.15, 0.2) is 36.0 Å². The minimum atomic E-state index is -0.926. The lowest BCUT2D eigenvalue weighted by Gasteiger charge is -2.39. The molecule has 4 heterocycles. The number of allylic oxidation sites excluding steroid dienone is 2. The van der Waals surface area contributed by atoms with Crippen molar-refractivity contribution in [1.82, 2.24) is 10.4 Å². The van der Waals surface area contributed by atoms with Crippen molar-refractivity contribution in [1.29, 1.82) is 0 Å². The van der Waals surface area contributed by atoms with Crippen LogP contribution in [0.4, 0.5) is 0 Å². The molecule has 4 rings (SSSR count). The van der Waals surface area contributed by atoms with Gasteiger partial charge in [0.1, 0.15) is 23.9 Å². The van der Waals surface area contributed by atoms with Gasteiger partial charge in [0.2, 0.25) is 5.91 Å². The van der Waals surface area contributed by atoms with E-state index in [0.29, 0.717) is 18.1 Å². The van der Waals surface area contributed by atoms with E-state index in [4.69, 9.17) is 23.8 Å². The smallest absolute Gasteiger partial charge is 0.335 e. The summed E-state index contributed by atoms with van der Waals surface area (Å²) < 4.78 is 22.8. The molecule has 1 spiro atoms. The molecule has 0 aromatic heterocycles. The zero-order valence-electron chi connectivity index (χ0n) is 26.4. The van der Waals surface area contributed by atoms with Crippen LogP contribution in [-0.2, 0) is 47.8 Å². The summed E-state index contributed by atoms with van der Waals surface area (Å²) >= 11 is 0. The van der Waals surface area contributed by atoms with Crippen LogP contribution in [0.3, 0.4) is 0 Å². The number of carbonyl (C=O) groups is 5. The Bertz CT molecular complexity index is 1220. The molecule has 0 saturated carbocycles. The molecule has 248 valence electrons. The zero-order valence-corrected chi connectivity index (χ0v) is 26.4. The van der Waals surface area contributed by atoms with Crippen LogP contribution in [0.1, 0.15) is 73.1 Å². The molecule has 4 saturated heterocycles. The Morgan fingerprint density at radius 2 is 1.82 bits per heavy atom. The SMILES string of the molecule is CC(=O)O[C@@H](C)/C=C\C(=O)N[C@@H]1C[C@H](C)[C@H](C/C=C(C)/C=C/[C@H]2O[C@H](CC(=O)ON3C(=O)CCC3=O)C[C@@]3(CO3)C2O)O[C@@H]1C. The summed E-state index contributed by atoms with van der Waals surface area (Å²) in [5, 5.41) is 14.4. The zero-order chi connectivity index (χ0) is 32.9. The Hall–Kier alpha value is -3.39. The van der Waals surface area contributed by atoms with Gasteiger partial charge in [-0.05, 0) is 45.6 Å².